The Bertz CT molecular complexity index is 1340. The van der Waals surface area contributed by atoms with E-state index in [2.05, 4.69) is 19.9 Å². The second-order valence-corrected chi connectivity index (χ2v) is 12.1. The van der Waals surface area contributed by atoms with Crippen LogP contribution >= 0.6 is 22.9 Å². The second kappa shape index (κ2) is 8.99. The molecule has 11 heteroatoms. The summed E-state index contributed by atoms with van der Waals surface area (Å²) < 4.78 is 26.9. The lowest BCUT2D eigenvalue weighted by molar-refractivity contribution is 0.102. The van der Waals surface area contributed by atoms with E-state index in [1.165, 1.54) is 24.2 Å². The summed E-state index contributed by atoms with van der Waals surface area (Å²) in [5.74, 6) is -0.676. The molecule has 1 amide bonds. The van der Waals surface area contributed by atoms with E-state index in [0.29, 0.717) is 33.1 Å². The molecule has 1 aliphatic heterocycles. The van der Waals surface area contributed by atoms with E-state index < -0.39 is 22.4 Å². The zero-order chi connectivity index (χ0) is 23.9. The summed E-state index contributed by atoms with van der Waals surface area (Å²) in [5, 5.41) is 15.1. The Morgan fingerprint density at radius 1 is 1.21 bits per heavy atom. The first kappa shape index (κ1) is 23.3. The number of aromatic nitrogens is 1. The minimum atomic E-state index is -3.68. The van der Waals surface area contributed by atoms with Gasteiger partial charge in [0.1, 0.15) is 4.83 Å². The quantitative estimate of drug-likeness (QED) is 0.428. The first-order chi connectivity index (χ1) is 16.3. The van der Waals surface area contributed by atoms with Crippen LogP contribution in [-0.2, 0) is 10.0 Å². The van der Waals surface area contributed by atoms with Crippen molar-refractivity contribution in [3.8, 4) is 0 Å². The van der Waals surface area contributed by atoms with Crippen molar-refractivity contribution in [1.82, 2.24) is 4.98 Å². The number of fused-ring (bicyclic) bond motifs is 1. The normalized spacial score (nSPS) is 17.2. The SMILES string of the molecule is O=C(Nc1csc2ncc(Cl)cc12)c1ccc(NS(=O)(=O)CCO)cc1N1CCC2(CC1)CC2. The molecule has 0 atom stereocenters. The molecule has 1 saturated heterocycles. The summed E-state index contributed by atoms with van der Waals surface area (Å²) in [5.41, 5.74) is 2.61. The molecule has 1 aliphatic carbocycles. The van der Waals surface area contributed by atoms with Gasteiger partial charge in [-0.05, 0) is 55.4 Å². The van der Waals surface area contributed by atoms with Crippen LogP contribution in [0, 0.1) is 5.41 Å². The van der Waals surface area contributed by atoms with Crippen LogP contribution in [0.3, 0.4) is 0 Å². The molecular weight excluding hydrogens is 496 g/mol. The predicted molar refractivity (Wildman–Crippen MR) is 137 cm³/mol. The van der Waals surface area contributed by atoms with Crippen molar-refractivity contribution in [2.24, 2.45) is 5.41 Å². The minimum absolute atomic E-state index is 0.286. The molecule has 0 unspecified atom stereocenters. The number of carbonyl (C=O) groups is 1. The molecular formula is C23H25ClN4O4S2. The van der Waals surface area contributed by atoms with Gasteiger partial charge in [-0.3, -0.25) is 9.52 Å². The van der Waals surface area contributed by atoms with E-state index in [1.54, 1.807) is 30.5 Å². The van der Waals surface area contributed by atoms with E-state index in [0.717, 1.165) is 36.1 Å². The van der Waals surface area contributed by atoms with Crippen LogP contribution in [0.1, 0.15) is 36.0 Å². The fraction of sp³-hybridized carbons (Fsp3) is 0.391. The highest BCUT2D eigenvalue weighted by atomic mass is 35.5. The van der Waals surface area contributed by atoms with Gasteiger partial charge in [0, 0.05) is 30.1 Å². The lowest BCUT2D eigenvalue weighted by Crippen LogP contribution is -2.35. The van der Waals surface area contributed by atoms with E-state index in [1.807, 2.05) is 5.38 Å². The van der Waals surface area contributed by atoms with Crippen LogP contribution in [0.5, 0.6) is 0 Å². The third kappa shape index (κ3) is 4.86. The van der Waals surface area contributed by atoms with Crippen LogP contribution in [0.15, 0.2) is 35.8 Å². The van der Waals surface area contributed by atoms with Crippen molar-refractivity contribution in [1.29, 1.82) is 0 Å². The van der Waals surface area contributed by atoms with E-state index in [4.69, 9.17) is 16.7 Å². The number of aliphatic hydroxyl groups excluding tert-OH is 1. The maximum atomic E-state index is 13.4. The number of pyridine rings is 1. The van der Waals surface area contributed by atoms with E-state index in [9.17, 15) is 13.2 Å². The molecule has 1 spiro atoms. The number of hydrogen-bond donors (Lipinski definition) is 3. The maximum Gasteiger partial charge on any atom is 0.257 e. The van der Waals surface area contributed by atoms with Gasteiger partial charge >= 0.3 is 0 Å². The van der Waals surface area contributed by atoms with Crippen molar-refractivity contribution < 1.29 is 18.3 Å². The number of benzene rings is 1. The predicted octanol–water partition coefficient (Wildman–Crippen LogP) is 4.32. The number of halogens is 1. The van der Waals surface area contributed by atoms with Crippen LogP contribution in [0.25, 0.3) is 10.2 Å². The number of aliphatic hydroxyl groups is 1. The molecule has 34 heavy (non-hydrogen) atoms. The van der Waals surface area contributed by atoms with Gasteiger partial charge in [0.2, 0.25) is 10.0 Å². The Labute approximate surface area is 207 Å². The average Bonchev–Trinajstić information content (AvgIpc) is 3.44. The number of piperidine rings is 1. The van der Waals surface area contributed by atoms with Gasteiger partial charge in [-0.2, -0.15) is 0 Å². The summed E-state index contributed by atoms with van der Waals surface area (Å²) in [6, 6.07) is 6.70. The Hall–Kier alpha value is -2.40. The fourth-order valence-electron chi connectivity index (χ4n) is 4.48. The van der Waals surface area contributed by atoms with Gasteiger partial charge in [0.25, 0.3) is 5.91 Å². The summed E-state index contributed by atoms with van der Waals surface area (Å²) in [4.78, 5) is 20.6. The van der Waals surface area contributed by atoms with Crippen molar-refractivity contribution in [3.63, 3.8) is 0 Å². The number of rotatable bonds is 7. The Kier molecular flexibility index (Phi) is 6.18. The Morgan fingerprint density at radius 3 is 2.68 bits per heavy atom. The van der Waals surface area contributed by atoms with Crippen LogP contribution in [0.2, 0.25) is 5.02 Å². The zero-order valence-electron chi connectivity index (χ0n) is 18.4. The van der Waals surface area contributed by atoms with Gasteiger partial charge in [-0.15, -0.1) is 11.3 Å². The number of amides is 1. The largest absolute Gasteiger partial charge is 0.395 e. The Balaban J connectivity index is 1.45. The number of nitrogens with one attached hydrogen (secondary N) is 2. The van der Waals surface area contributed by atoms with Crippen molar-refractivity contribution in [2.45, 2.75) is 25.7 Å². The van der Waals surface area contributed by atoms with Gasteiger partial charge in [-0.25, -0.2) is 13.4 Å². The number of nitrogens with zero attached hydrogens (tertiary/aromatic N) is 2. The van der Waals surface area contributed by atoms with Gasteiger partial charge < -0.3 is 15.3 Å². The maximum absolute atomic E-state index is 13.4. The van der Waals surface area contributed by atoms with Gasteiger partial charge in [0.15, 0.2) is 0 Å². The molecule has 2 fully saturated rings. The number of anilines is 3. The van der Waals surface area contributed by atoms with E-state index in [-0.39, 0.29) is 5.91 Å². The fourth-order valence-corrected chi connectivity index (χ4v) is 6.29. The van der Waals surface area contributed by atoms with Crippen LogP contribution < -0.4 is 14.9 Å². The molecule has 3 aromatic rings. The topological polar surface area (TPSA) is 112 Å². The molecule has 3 heterocycles. The van der Waals surface area contributed by atoms with Crippen molar-refractivity contribution in [3.05, 3.63) is 46.4 Å². The van der Waals surface area contributed by atoms with Gasteiger partial charge in [0.05, 0.1) is 40.0 Å². The average molecular weight is 521 g/mol. The lowest BCUT2D eigenvalue weighted by Gasteiger charge is -2.35. The highest BCUT2D eigenvalue weighted by molar-refractivity contribution is 7.92. The summed E-state index contributed by atoms with van der Waals surface area (Å²) >= 11 is 7.52. The van der Waals surface area contributed by atoms with Gasteiger partial charge in [-0.1, -0.05) is 11.6 Å². The lowest BCUT2D eigenvalue weighted by atomic mass is 9.93. The molecule has 1 saturated carbocycles. The monoisotopic (exact) mass is 520 g/mol. The van der Waals surface area contributed by atoms with Crippen molar-refractivity contribution >= 4 is 66.1 Å². The highest BCUT2D eigenvalue weighted by Crippen LogP contribution is 2.54. The summed E-state index contributed by atoms with van der Waals surface area (Å²) in [7, 11) is -3.68. The van der Waals surface area contributed by atoms with Crippen LogP contribution in [0.4, 0.5) is 17.1 Å². The second-order valence-electron chi connectivity index (χ2n) is 8.97. The number of hydrogen-bond acceptors (Lipinski definition) is 7. The molecule has 0 bridgehead atoms. The van der Waals surface area contributed by atoms with Crippen LogP contribution in [-0.4, -0.2) is 49.9 Å². The molecule has 3 N–H and O–H groups in total. The third-order valence-corrected chi connectivity index (χ3v) is 9.02. The number of carbonyl (C=O) groups excluding carboxylic acids is 1. The smallest absolute Gasteiger partial charge is 0.257 e. The molecule has 2 aliphatic rings. The minimum Gasteiger partial charge on any atom is -0.395 e. The molecule has 5 rings (SSSR count). The standard InChI is InChI=1S/C23H25ClN4O4S2/c24-15-11-18-19(14-33-22(18)25-13-15)26-21(30)17-2-1-16(27-34(31,32)10-9-29)12-20(17)28-7-5-23(3-4-23)6-8-28/h1-2,11-14,27,29H,3-10H2,(H,26,30). The Morgan fingerprint density at radius 2 is 1.97 bits per heavy atom. The number of sulfonamides is 1. The third-order valence-electron chi connectivity index (χ3n) is 6.64. The van der Waals surface area contributed by atoms with Crippen molar-refractivity contribution in [2.75, 3.05) is 40.4 Å². The first-order valence-corrected chi connectivity index (χ1v) is 14.0. The van der Waals surface area contributed by atoms with E-state index >= 15 is 0 Å². The molecule has 1 aromatic carbocycles. The number of thiophene rings is 1. The molecule has 2 aromatic heterocycles. The summed E-state index contributed by atoms with van der Waals surface area (Å²) in [6.45, 7) is 1.16. The first-order valence-electron chi connectivity index (χ1n) is 11.1. The molecule has 180 valence electrons. The summed E-state index contributed by atoms with van der Waals surface area (Å²) in [6.07, 6.45) is 6.22. The molecule has 0 radical (unpaired) electrons. The molecule has 8 nitrogen and oxygen atoms in total. The zero-order valence-corrected chi connectivity index (χ0v) is 20.8. The highest BCUT2D eigenvalue weighted by Gasteiger charge is 2.44.